The Balaban J connectivity index is 2.66. The van der Waals surface area contributed by atoms with Gasteiger partial charge in [-0.3, -0.25) is 9.48 Å². The molecule has 1 N–H and O–H groups in total. The van der Waals surface area contributed by atoms with Gasteiger partial charge in [0, 0.05) is 24.7 Å². The summed E-state index contributed by atoms with van der Waals surface area (Å²) >= 11 is 0. The monoisotopic (exact) mass is 288 g/mol. The van der Waals surface area contributed by atoms with Crippen LogP contribution >= 0.6 is 0 Å². The molecule has 0 radical (unpaired) electrons. The molecule has 1 aromatic carbocycles. The highest BCUT2D eigenvalue weighted by Crippen LogP contribution is 2.28. The van der Waals surface area contributed by atoms with Crippen molar-refractivity contribution in [3.63, 3.8) is 0 Å². The minimum atomic E-state index is -4.73. The molecular formula is C12H8F4N2O2. The van der Waals surface area contributed by atoms with Gasteiger partial charge in [0.25, 0.3) is 0 Å². The van der Waals surface area contributed by atoms with Gasteiger partial charge in [0.15, 0.2) is 0 Å². The van der Waals surface area contributed by atoms with Crippen molar-refractivity contribution in [1.82, 2.24) is 9.78 Å². The molecule has 0 spiro atoms. The molecule has 2 aromatic rings. The number of hydrogen-bond donors (Lipinski definition) is 1. The van der Waals surface area contributed by atoms with Gasteiger partial charge >= 0.3 is 6.18 Å². The quantitative estimate of drug-likeness (QED) is 0.819. The van der Waals surface area contributed by atoms with Crippen LogP contribution in [0.2, 0.25) is 0 Å². The van der Waals surface area contributed by atoms with Crippen molar-refractivity contribution in [1.29, 1.82) is 0 Å². The zero-order valence-electron chi connectivity index (χ0n) is 10.1. The van der Waals surface area contributed by atoms with Gasteiger partial charge in [0.05, 0.1) is 0 Å². The summed E-state index contributed by atoms with van der Waals surface area (Å²) < 4.78 is 51.8. The molecule has 0 aliphatic heterocycles. The minimum absolute atomic E-state index is 0.280. The number of aromatic nitrogens is 2. The normalized spacial score (nSPS) is 11.7. The number of benzene rings is 1. The van der Waals surface area contributed by atoms with Crippen molar-refractivity contribution in [2.45, 2.75) is 6.18 Å². The van der Waals surface area contributed by atoms with E-state index in [1.165, 1.54) is 0 Å². The van der Waals surface area contributed by atoms with Gasteiger partial charge in [-0.1, -0.05) is 0 Å². The molecule has 0 fully saturated rings. The summed E-state index contributed by atoms with van der Waals surface area (Å²) in [4.78, 5) is 11.7. The van der Waals surface area contributed by atoms with Crippen LogP contribution in [0.4, 0.5) is 17.6 Å². The van der Waals surface area contributed by atoms with Crippen molar-refractivity contribution >= 4 is 0 Å². The van der Waals surface area contributed by atoms with Crippen LogP contribution in [0.5, 0.6) is 5.75 Å². The van der Waals surface area contributed by atoms with Gasteiger partial charge in [0.2, 0.25) is 5.43 Å². The maximum Gasteiger partial charge on any atom is 0.433 e. The van der Waals surface area contributed by atoms with Crippen LogP contribution < -0.4 is 5.43 Å². The molecule has 0 saturated carbocycles. The number of alkyl halides is 3. The molecule has 0 saturated heterocycles. The molecule has 106 valence electrons. The highest BCUT2D eigenvalue weighted by Gasteiger charge is 2.34. The van der Waals surface area contributed by atoms with Crippen molar-refractivity contribution in [2.75, 3.05) is 0 Å². The lowest BCUT2D eigenvalue weighted by Crippen LogP contribution is -2.22. The first-order valence-corrected chi connectivity index (χ1v) is 5.34. The van der Waals surface area contributed by atoms with Crippen LogP contribution in [-0.4, -0.2) is 14.9 Å². The molecule has 0 unspecified atom stereocenters. The first-order chi connectivity index (χ1) is 9.20. The number of aryl methyl sites for hydroxylation is 1. The predicted octanol–water partition coefficient (Wildman–Crippen LogP) is 2.31. The fourth-order valence-electron chi connectivity index (χ4n) is 1.69. The summed E-state index contributed by atoms with van der Waals surface area (Å²) in [6.45, 7) is 0. The van der Waals surface area contributed by atoms with E-state index in [9.17, 15) is 22.4 Å². The molecule has 0 amide bonds. The van der Waals surface area contributed by atoms with Crippen molar-refractivity contribution in [3.8, 4) is 17.0 Å². The first-order valence-electron chi connectivity index (χ1n) is 5.34. The third-order valence-corrected chi connectivity index (χ3v) is 2.60. The standard InChI is InChI=1S/C12H8F4N2O2/c1-18-10(12(14,15)16)5-9(20)11(17-18)7-3-2-6(19)4-8(7)13/h2-5,19H,1H3. The van der Waals surface area contributed by atoms with Crippen LogP contribution in [0.15, 0.2) is 29.1 Å². The number of rotatable bonds is 1. The van der Waals surface area contributed by atoms with E-state index < -0.39 is 28.8 Å². The van der Waals surface area contributed by atoms with Crippen LogP contribution in [0.1, 0.15) is 5.69 Å². The summed E-state index contributed by atoms with van der Waals surface area (Å²) in [5, 5.41) is 12.5. The Bertz CT molecular complexity index is 722. The number of hydrogen-bond acceptors (Lipinski definition) is 3. The Morgan fingerprint density at radius 3 is 2.45 bits per heavy atom. The van der Waals surface area contributed by atoms with E-state index in [1.54, 1.807) is 0 Å². The summed E-state index contributed by atoms with van der Waals surface area (Å²) in [6.07, 6.45) is -4.73. The molecule has 1 aromatic heterocycles. The summed E-state index contributed by atoms with van der Waals surface area (Å²) in [5.41, 5.74) is -3.03. The van der Waals surface area contributed by atoms with Gasteiger partial charge in [-0.25, -0.2) is 4.39 Å². The largest absolute Gasteiger partial charge is 0.508 e. The highest BCUT2D eigenvalue weighted by molar-refractivity contribution is 5.60. The van der Waals surface area contributed by atoms with Crippen molar-refractivity contribution in [3.05, 3.63) is 46.0 Å². The van der Waals surface area contributed by atoms with E-state index in [4.69, 9.17) is 5.11 Å². The van der Waals surface area contributed by atoms with Gasteiger partial charge in [-0.05, 0) is 12.1 Å². The molecule has 0 aliphatic rings. The van der Waals surface area contributed by atoms with E-state index in [-0.39, 0.29) is 11.3 Å². The molecule has 0 bridgehead atoms. The Morgan fingerprint density at radius 2 is 1.90 bits per heavy atom. The van der Waals surface area contributed by atoms with Crippen molar-refractivity contribution < 1.29 is 22.7 Å². The van der Waals surface area contributed by atoms with Gasteiger partial charge < -0.3 is 5.11 Å². The highest BCUT2D eigenvalue weighted by atomic mass is 19.4. The summed E-state index contributed by atoms with van der Waals surface area (Å²) in [7, 11) is 1.00. The molecule has 0 atom stereocenters. The van der Waals surface area contributed by atoms with E-state index in [2.05, 4.69) is 5.10 Å². The second-order valence-corrected chi connectivity index (χ2v) is 4.03. The fourth-order valence-corrected chi connectivity index (χ4v) is 1.69. The second-order valence-electron chi connectivity index (χ2n) is 4.03. The SMILES string of the molecule is Cn1nc(-c2ccc(O)cc2F)c(=O)cc1C(F)(F)F. The maximum absolute atomic E-state index is 13.6. The molecule has 1 heterocycles. The predicted molar refractivity (Wildman–Crippen MR) is 61.5 cm³/mol. The maximum atomic E-state index is 13.6. The average Bonchev–Trinajstić information content (AvgIpc) is 2.31. The van der Waals surface area contributed by atoms with Crippen LogP contribution in [0, 0.1) is 5.82 Å². The first kappa shape index (κ1) is 14.0. The van der Waals surface area contributed by atoms with E-state index >= 15 is 0 Å². The Hall–Kier alpha value is -2.38. The number of phenols is 1. The van der Waals surface area contributed by atoms with E-state index in [1.807, 2.05) is 0 Å². The third kappa shape index (κ3) is 2.49. The van der Waals surface area contributed by atoms with Gasteiger partial charge in [-0.15, -0.1) is 0 Å². The lowest BCUT2D eigenvalue weighted by molar-refractivity contribution is -0.144. The number of aromatic hydroxyl groups is 1. The Kier molecular flexibility index (Phi) is 3.24. The Morgan fingerprint density at radius 1 is 1.25 bits per heavy atom. The average molecular weight is 288 g/mol. The molecule has 4 nitrogen and oxygen atoms in total. The number of halogens is 4. The third-order valence-electron chi connectivity index (χ3n) is 2.60. The fraction of sp³-hybridized carbons (Fsp3) is 0.167. The van der Waals surface area contributed by atoms with Crippen molar-refractivity contribution in [2.24, 2.45) is 7.05 Å². The van der Waals surface area contributed by atoms with Crippen LogP contribution in [0.3, 0.4) is 0 Å². The second kappa shape index (κ2) is 4.62. The van der Waals surface area contributed by atoms with Gasteiger partial charge in [-0.2, -0.15) is 18.3 Å². The number of nitrogens with zero attached hydrogens (tertiary/aromatic N) is 2. The lowest BCUT2D eigenvalue weighted by atomic mass is 10.1. The lowest BCUT2D eigenvalue weighted by Gasteiger charge is -2.12. The summed E-state index contributed by atoms with van der Waals surface area (Å²) in [5.74, 6) is -1.32. The molecule has 8 heteroatoms. The smallest absolute Gasteiger partial charge is 0.433 e. The Labute approximate surface area is 109 Å². The molecule has 20 heavy (non-hydrogen) atoms. The van der Waals surface area contributed by atoms with Crippen LogP contribution in [-0.2, 0) is 13.2 Å². The molecule has 2 rings (SSSR count). The zero-order chi connectivity index (χ0) is 15.1. The summed E-state index contributed by atoms with van der Waals surface area (Å²) in [6, 6.07) is 3.28. The number of phenolic OH excluding ortho intramolecular Hbond substituents is 1. The van der Waals surface area contributed by atoms with E-state index in [0.717, 1.165) is 25.2 Å². The van der Waals surface area contributed by atoms with Crippen LogP contribution in [0.25, 0.3) is 11.3 Å². The van der Waals surface area contributed by atoms with Gasteiger partial charge in [0.1, 0.15) is 23.0 Å². The molecular weight excluding hydrogens is 280 g/mol. The zero-order valence-corrected chi connectivity index (χ0v) is 10.1. The topological polar surface area (TPSA) is 55.1 Å². The molecule has 0 aliphatic carbocycles. The van der Waals surface area contributed by atoms with E-state index in [0.29, 0.717) is 10.7 Å². The minimum Gasteiger partial charge on any atom is -0.508 e.